The van der Waals surface area contributed by atoms with Crippen LogP contribution in [0, 0.1) is 5.41 Å². The lowest BCUT2D eigenvalue weighted by molar-refractivity contribution is -0.116. The molecule has 0 fully saturated rings. The SMILES string of the molecule is CN1/C(=C/C(=O)CC(C)(C)C)Sc2ccccc21. The maximum absolute atomic E-state index is 12.0. The van der Waals surface area contributed by atoms with Gasteiger partial charge in [0.2, 0.25) is 0 Å². The second kappa shape index (κ2) is 4.81. The Morgan fingerprint density at radius 3 is 2.61 bits per heavy atom. The molecule has 0 N–H and O–H groups in total. The predicted octanol–water partition coefficient (Wildman–Crippen LogP) is 4.08. The van der Waals surface area contributed by atoms with E-state index in [0.29, 0.717) is 6.42 Å². The summed E-state index contributed by atoms with van der Waals surface area (Å²) in [6.45, 7) is 6.26. The van der Waals surface area contributed by atoms with Gasteiger partial charge in [0, 0.05) is 24.4 Å². The average molecular weight is 261 g/mol. The zero-order chi connectivity index (χ0) is 13.3. The first-order valence-corrected chi connectivity index (χ1v) is 6.94. The number of anilines is 1. The summed E-state index contributed by atoms with van der Waals surface area (Å²) in [5.41, 5.74) is 1.22. The van der Waals surface area contributed by atoms with E-state index in [1.165, 1.54) is 10.6 Å². The molecule has 2 rings (SSSR count). The fraction of sp³-hybridized carbons (Fsp3) is 0.400. The minimum atomic E-state index is 0.0445. The number of nitrogens with zero attached hydrogens (tertiary/aromatic N) is 1. The monoisotopic (exact) mass is 261 g/mol. The summed E-state index contributed by atoms with van der Waals surface area (Å²) in [6.07, 6.45) is 2.36. The van der Waals surface area contributed by atoms with Crippen LogP contribution >= 0.6 is 11.8 Å². The van der Waals surface area contributed by atoms with E-state index in [-0.39, 0.29) is 11.2 Å². The molecule has 0 aliphatic carbocycles. The number of hydrogen-bond donors (Lipinski definition) is 0. The van der Waals surface area contributed by atoms with E-state index in [9.17, 15) is 4.79 Å². The highest BCUT2D eigenvalue weighted by molar-refractivity contribution is 8.03. The summed E-state index contributed by atoms with van der Waals surface area (Å²) in [5, 5.41) is 1.02. The van der Waals surface area contributed by atoms with Crippen molar-refractivity contribution in [3.8, 4) is 0 Å². The van der Waals surface area contributed by atoms with Gasteiger partial charge in [-0.1, -0.05) is 44.7 Å². The van der Waals surface area contributed by atoms with Crippen molar-refractivity contribution in [2.45, 2.75) is 32.1 Å². The van der Waals surface area contributed by atoms with Gasteiger partial charge >= 0.3 is 0 Å². The highest BCUT2D eigenvalue weighted by Crippen LogP contribution is 2.44. The first-order chi connectivity index (χ1) is 8.37. The molecule has 2 nitrogen and oxygen atoms in total. The van der Waals surface area contributed by atoms with Crippen LogP contribution < -0.4 is 4.90 Å². The summed E-state index contributed by atoms with van der Waals surface area (Å²) < 4.78 is 0. The molecular formula is C15H19NOS. The van der Waals surface area contributed by atoms with E-state index in [2.05, 4.69) is 37.8 Å². The van der Waals surface area contributed by atoms with E-state index in [4.69, 9.17) is 0 Å². The molecule has 0 spiro atoms. The Morgan fingerprint density at radius 1 is 1.33 bits per heavy atom. The van der Waals surface area contributed by atoms with Crippen LogP contribution in [0.25, 0.3) is 0 Å². The van der Waals surface area contributed by atoms with Gasteiger partial charge in [-0.2, -0.15) is 0 Å². The maximum Gasteiger partial charge on any atom is 0.158 e. The van der Waals surface area contributed by atoms with Gasteiger partial charge in [-0.05, 0) is 17.5 Å². The molecule has 0 unspecified atom stereocenters. The van der Waals surface area contributed by atoms with Crippen molar-refractivity contribution in [2.24, 2.45) is 5.41 Å². The number of allylic oxidation sites excluding steroid dienone is 1. The Bertz CT molecular complexity index is 499. The molecule has 1 heterocycles. The third kappa shape index (κ3) is 2.96. The first-order valence-electron chi connectivity index (χ1n) is 6.12. The van der Waals surface area contributed by atoms with Crippen LogP contribution in [0.3, 0.4) is 0 Å². The lowest BCUT2D eigenvalue weighted by atomic mass is 9.90. The Hall–Kier alpha value is -1.22. The summed E-state index contributed by atoms with van der Waals surface area (Å²) in [5.74, 6) is 0.199. The predicted molar refractivity (Wildman–Crippen MR) is 77.9 cm³/mol. The number of fused-ring (bicyclic) bond motifs is 1. The van der Waals surface area contributed by atoms with Crippen molar-refractivity contribution in [1.82, 2.24) is 0 Å². The first kappa shape index (κ1) is 13.2. The number of thioether (sulfide) groups is 1. The molecular weight excluding hydrogens is 242 g/mol. The highest BCUT2D eigenvalue weighted by Gasteiger charge is 2.23. The lowest BCUT2D eigenvalue weighted by Crippen LogP contribution is -2.14. The largest absolute Gasteiger partial charge is 0.338 e. The van der Waals surface area contributed by atoms with Crippen molar-refractivity contribution >= 4 is 23.2 Å². The van der Waals surface area contributed by atoms with Crippen LogP contribution in [0.4, 0.5) is 5.69 Å². The minimum absolute atomic E-state index is 0.0445. The summed E-state index contributed by atoms with van der Waals surface area (Å²) in [4.78, 5) is 15.3. The molecule has 0 amide bonds. The molecule has 3 heteroatoms. The fourth-order valence-corrected chi connectivity index (χ4v) is 3.07. The van der Waals surface area contributed by atoms with Crippen LogP contribution in [0.5, 0.6) is 0 Å². The molecule has 0 radical (unpaired) electrons. The normalized spacial score (nSPS) is 17.1. The molecule has 0 aromatic heterocycles. The zero-order valence-electron chi connectivity index (χ0n) is 11.4. The molecule has 96 valence electrons. The molecule has 0 saturated heterocycles. The number of rotatable bonds is 2. The van der Waals surface area contributed by atoms with E-state index in [1.54, 1.807) is 17.8 Å². The summed E-state index contributed by atoms with van der Waals surface area (Å²) >= 11 is 1.66. The highest BCUT2D eigenvalue weighted by atomic mass is 32.2. The fourth-order valence-electron chi connectivity index (χ4n) is 1.96. The minimum Gasteiger partial charge on any atom is -0.338 e. The number of carbonyl (C=O) groups excluding carboxylic acids is 1. The lowest BCUT2D eigenvalue weighted by Gasteiger charge is -2.17. The second-order valence-electron chi connectivity index (χ2n) is 5.82. The Morgan fingerprint density at radius 2 is 2.00 bits per heavy atom. The van der Waals surface area contributed by atoms with E-state index in [0.717, 1.165) is 5.03 Å². The molecule has 0 atom stereocenters. The van der Waals surface area contributed by atoms with Gasteiger partial charge in [-0.3, -0.25) is 4.79 Å². The third-order valence-corrected chi connectivity index (χ3v) is 3.93. The quantitative estimate of drug-likeness (QED) is 0.748. The van der Waals surface area contributed by atoms with E-state index >= 15 is 0 Å². The standard InChI is InChI=1S/C15H19NOS/c1-15(2,3)10-11(17)9-14-16(4)12-7-5-6-8-13(12)18-14/h5-9H,10H2,1-4H3/b14-9-. The van der Waals surface area contributed by atoms with Gasteiger partial charge in [0.05, 0.1) is 10.7 Å². The number of carbonyl (C=O) groups is 1. The van der Waals surface area contributed by atoms with Crippen LogP contribution in [0.15, 0.2) is 40.3 Å². The van der Waals surface area contributed by atoms with Gasteiger partial charge in [-0.25, -0.2) is 0 Å². The zero-order valence-corrected chi connectivity index (χ0v) is 12.2. The van der Waals surface area contributed by atoms with Crippen molar-refractivity contribution in [3.63, 3.8) is 0 Å². The van der Waals surface area contributed by atoms with Gasteiger partial charge in [-0.15, -0.1) is 0 Å². The number of benzene rings is 1. The average Bonchev–Trinajstić information content (AvgIpc) is 2.54. The summed E-state index contributed by atoms with van der Waals surface area (Å²) in [7, 11) is 2.01. The number of para-hydroxylation sites is 1. The van der Waals surface area contributed by atoms with Crippen molar-refractivity contribution < 1.29 is 4.79 Å². The molecule has 1 aromatic rings. The van der Waals surface area contributed by atoms with E-state index in [1.807, 2.05) is 19.2 Å². The maximum atomic E-state index is 12.0. The van der Waals surface area contributed by atoms with Crippen LogP contribution in [-0.2, 0) is 4.79 Å². The van der Waals surface area contributed by atoms with Crippen LogP contribution in [0.1, 0.15) is 27.2 Å². The molecule has 1 aromatic carbocycles. The van der Waals surface area contributed by atoms with Crippen LogP contribution in [-0.4, -0.2) is 12.8 Å². The third-order valence-electron chi connectivity index (χ3n) is 2.76. The van der Waals surface area contributed by atoms with Gasteiger partial charge < -0.3 is 4.90 Å². The van der Waals surface area contributed by atoms with Crippen molar-refractivity contribution in [3.05, 3.63) is 35.4 Å². The number of ketones is 1. The topological polar surface area (TPSA) is 20.3 Å². The van der Waals surface area contributed by atoms with Gasteiger partial charge in [0.25, 0.3) is 0 Å². The van der Waals surface area contributed by atoms with Crippen molar-refractivity contribution in [1.29, 1.82) is 0 Å². The molecule has 18 heavy (non-hydrogen) atoms. The smallest absolute Gasteiger partial charge is 0.158 e. The second-order valence-corrected chi connectivity index (χ2v) is 6.88. The molecule has 0 saturated carbocycles. The molecule has 1 aliphatic rings. The number of hydrogen-bond acceptors (Lipinski definition) is 3. The van der Waals surface area contributed by atoms with E-state index < -0.39 is 0 Å². The Labute approximate surface area is 113 Å². The molecule has 0 bridgehead atoms. The van der Waals surface area contributed by atoms with Gasteiger partial charge in [0.15, 0.2) is 5.78 Å². The van der Waals surface area contributed by atoms with Crippen molar-refractivity contribution in [2.75, 3.05) is 11.9 Å². The Balaban J connectivity index is 2.16. The van der Waals surface area contributed by atoms with Crippen LogP contribution in [0.2, 0.25) is 0 Å². The summed E-state index contributed by atoms with van der Waals surface area (Å²) in [6, 6.07) is 8.22. The van der Waals surface area contributed by atoms with Gasteiger partial charge in [0.1, 0.15) is 0 Å². The molecule has 1 aliphatic heterocycles. The Kier molecular flexibility index (Phi) is 3.53.